The predicted octanol–water partition coefficient (Wildman–Crippen LogP) is 10.4. The van der Waals surface area contributed by atoms with Crippen LogP contribution < -0.4 is 5.32 Å². The van der Waals surface area contributed by atoms with E-state index in [0.717, 1.165) is 38.5 Å². The Hall–Kier alpha value is -1.43. The summed E-state index contributed by atoms with van der Waals surface area (Å²) in [5.41, 5.74) is 0. The van der Waals surface area contributed by atoms with Crippen LogP contribution in [0, 0.1) is 0 Å². The normalized spacial score (nSPS) is 14.2. The van der Waals surface area contributed by atoms with E-state index in [1.807, 2.05) is 6.08 Å². The van der Waals surface area contributed by atoms with Crippen molar-refractivity contribution in [2.75, 3.05) is 6.61 Å². The SMILES string of the molecule is CCCCCCCCCCCCCC/C=C/CC/C=C/CC/C=C/C(O)C(CO)NC(=O)CC(O)CCCCCCCCCC. The molecule has 0 aliphatic heterocycles. The molecule has 5 heteroatoms. The number of carbonyl (C=O) groups is 1. The highest BCUT2D eigenvalue weighted by atomic mass is 16.3. The first-order valence-electron chi connectivity index (χ1n) is 19.3. The lowest BCUT2D eigenvalue weighted by Gasteiger charge is -2.21. The largest absolute Gasteiger partial charge is 0.394 e. The van der Waals surface area contributed by atoms with Crippen LogP contribution in [0.25, 0.3) is 0 Å². The molecule has 1 amide bonds. The second kappa shape index (κ2) is 35.4. The standard InChI is InChI=1S/C40H75NO4/c1-3-5-7-9-11-13-14-15-16-17-18-19-20-21-22-23-24-25-26-28-30-32-34-39(44)38(36-42)41-40(45)35-37(43)33-31-29-27-12-10-8-6-4-2/h21-22,25-26,32,34,37-39,42-44H,3-20,23-24,27-31,33,35-36H2,1-2H3,(H,41,45)/b22-21+,26-25+,34-32+. The van der Waals surface area contributed by atoms with Gasteiger partial charge in [0.15, 0.2) is 0 Å². The Morgan fingerprint density at radius 3 is 1.42 bits per heavy atom. The lowest BCUT2D eigenvalue weighted by molar-refractivity contribution is -0.124. The summed E-state index contributed by atoms with van der Waals surface area (Å²) in [6.45, 7) is 4.15. The van der Waals surface area contributed by atoms with E-state index in [1.165, 1.54) is 122 Å². The minimum absolute atomic E-state index is 0.00280. The molecule has 0 aromatic rings. The summed E-state index contributed by atoms with van der Waals surface area (Å²) >= 11 is 0. The van der Waals surface area contributed by atoms with Gasteiger partial charge in [-0.15, -0.1) is 0 Å². The van der Waals surface area contributed by atoms with Crippen molar-refractivity contribution in [3.05, 3.63) is 36.5 Å². The van der Waals surface area contributed by atoms with Crippen molar-refractivity contribution >= 4 is 5.91 Å². The van der Waals surface area contributed by atoms with E-state index in [0.29, 0.717) is 6.42 Å². The molecule has 3 unspecified atom stereocenters. The molecule has 4 N–H and O–H groups in total. The van der Waals surface area contributed by atoms with E-state index >= 15 is 0 Å². The van der Waals surface area contributed by atoms with Crippen molar-refractivity contribution in [2.24, 2.45) is 0 Å². The lowest BCUT2D eigenvalue weighted by Crippen LogP contribution is -2.45. The van der Waals surface area contributed by atoms with Crippen molar-refractivity contribution in [2.45, 2.75) is 205 Å². The minimum atomic E-state index is -0.956. The molecule has 0 saturated carbocycles. The van der Waals surface area contributed by atoms with Gasteiger partial charge in [-0.1, -0.05) is 172 Å². The highest BCUT2D eigenvalue weighted by Gasteiger charge is 2.20. The number of hydrogen-bond acceptors (Lipinski definition) is 4. The van der Waals surface area contributed by atoms with Gasteiger partial charge in [-0.05, 0) is 44.9 Å². The highest BCUT2D eigenvalue weighted by molar-refractivity contribution is 5.76. The molecule has 3 atom stereocenters. The first-order chi connectivity index (χ1) is 22.0. The van der Waals surface area contributed by atoms with Crippen molar-refractivity contribution in [1.82, 2.24) is 5.32 Å². The molecule has 0 aliphatic carbocycles. The van der Waals surface area contributed by atoms with E-state index in [2.05, 4.69) is 43.5 Å². The third-order valence-electron chi connectivity index (χ3n) is 8.66. The number of aliphatic hydroxyl groups excluding tert-OH is 3. The fourth-order valence-corrected chi connectivity index (χ4v) is 5.66. The lowest BCUT2D eigenvalue weighted by atomic mass is 10.0. The summed E-state index contributed by atoms with van der Waals surface area (Å²) in [5, 5.41) is 32.9. The summed E-state index contributed by atoms with van der Waals surface area (Å²) in [6, 6.07) is -0.763. The van der Waals surface area contributed by atoms with E-state index in [-0.39, 0.29) is 18.9 Å². The molecule has 0 fully saturated rings. The number of carbonyl (C=O) groups excluding carboxylic acids is 1. The zero-order valence-electron chi connectivity index (χ0n) is 29.7. The topological polar surface area (TPSA) is 89.8 Å². The van der Waals surface area contributed by atoms with Gasteiger partial charge in [-0.3, -0.25) is 4.79 Å². The van der Waals surface area contributed by atoms with Gasteiger partial charge < -0.3 is 20.6 Å². The number of nitrogens with one attached hydrogen (secondary N) is 1. The maximum absolute atomic E-state index is 12.3. The first kappa shape index (κ1) is 43.6. The van der Waals surface area contributed by atoms with E-state index in [9.17, 15) is 20.1 Å². The summed E-state index contributed by atoms with van der Waals surface area (Å²) in [7, 11) is 0. The van der Waals surface area contributed by atoms with Crippen LogP contribution in [-0.2, 0) is 4.79 Å². The van der Waals surface area contributed by atoms with Gasteiger partial charge in [-0.2, -0.15) is 0 Å². The third kappa shape index (κ3) is 32.3. The predicted molar refractivity (Wildman–Crippen MR) is 194 cm³/mol. The Morgan fingerprint density at radius 2 is 0.956 bits per heavy atom. The number of rotatable bonds is 34. The smallest absolute Gasteiger partial charge is 0.222 e. The van der Waals surface area contributed by atoms with Gasteiger partial charge in [-0.25, -0.2) is 0 Å². The van der Waals surface area contributed by atoms with Crippen LogP contribution in [0.4, 0.5) is 0 Å². The van der Waals surface area contributed by atoms with Crippen LogP contribution in [0.2, 0.25) is 0 Å². The number of amides is 1. The Kier molecular flexibility index (Phi) is 34.3. The van der Waals surface area contributed by atoms with Crippen LogP contribution in [-0.4, -0.2) is 46.1 Å². The molecule has 0 spiro atoms. The van der Waals surface area contributed by atoms with E-state index < -0.39 is 18.2 Å². The molecule has 0 rings (SSSR count). The van der Waals surface area contributed by atoms with Gasteiger partial charge in [0.05, 0.1) is 31.3 Å². The molecule has 0 aromatic heterocycles. The van der Waals surface area contributed by atoms with Crippen LogP contribution >= 0.6 is 0 Å². The Bertz CT molecular complexity index is 704. The molecule has 0 bridgehead atoms. The fraction of sp³-hybridized carbons (Fsp3) is 0.825. The minimum Gasteiger partial charge on any atom is -0.394 e. The van der Waals surface area contributed by atoms with Crippen molar-refractivity contribution in [1.29, 1.82) is 0 Å². The molecular weight excluding hydrogens is 558 g/mol. The van der Waals surface area contributed by atoms with Crippen LogP contribution in [0.3, 0.4) is 0 Å². The molecule has 0 radical (unpaired) electrons. The molecule has 0 aromatic carbocycles. The molecule has 0 heterocycles. The molecule has 45 heavy (non-hydrogen) atoms. The van der Waals surface area contributed by atoms with Gasteiger partial charge in [0, 0.05) is 0 Å². The van der Waals surface area contributed by atoms with Crippen LogP contribution in [0.5, 0.6) is 0 Å². The van der Waals surface area contributed by atoms with Crippen LogP contribution in [0.15, 0.2) is 36.5 Å². The fourth-order valence-electron chi connectivity index (χ4n) is 5.66. The Balaban J connectivity index is 3.75. The summed E-state index contributed by atoms with van der Waals surface area (Å²) in [4.78, 5) is 12.3. The monoisotopic (exact) mass is 634 g/mol. The summed E-state index contributed by atoms with van der Waals surface area (Å²) in [5.74, 6) is -0.334. The Labute approximate surface area is 279 Å². The van der Waals surface area contributed by atoms with Crippen molar-refractivity contribution in [3.63, 3.8) is 0 Å². The van der Waals surface area contributed by atoms with Crippen molar-refractivity contribution in [3.8, 4) is 0 Å². The molecule has 0 aliphatic rings. The molecule has 264 valence electrons. The highest BCUT2D eigenvalue weighted by Crippen LogP contribution is 2.14. The average Bonchev–Trinajstić information content (AvgIpc) is 3.03. The van der Waals surface area contributed by atoms with Gasteiger partial charge >= 0.3 is 0 Å². The second-order valence-electron chi connectivity index (χ2n) is 13.2. The number of allylic oxidation sites excluding steroid dienone is 5. The molecular formula is C40H75NO4. The molecule has 0 saturated heterocycles. The third-order valence-corrected chi connectivity index (χ3v) is 8.66. The number of unbranched alkanes of at least 4 members (excludes halogenated alkanes) is 21. The zero-order chi connectivity index (χ0) is 33.1. The van der Waals surface area contributed by atoms with Crippen molar-refractivity contribution < 1.29 is 20.1 Å². The van der Waals surface area contributed by atoms with Gasteiger partial charge in [0.2, 0.25) is 5.91 Å². The first-order valence-corrected chi connectivity index (χ1v) is 19.3. The molecule has 5 nitrogen and oxygen atoms in total. The number of hydrogen-bond donors (Lipinski definition) is 4. The summed E-state index contributed by atoms with van der Waals surface area (Å²) < 4.78 is 0. The maximum atomic E-state index is 12.3. The quantitative estimate of drug-likeness (QED) is 0.0419. The summed E-state index contributed by atoms with van der Waals surface area (Å²) in [6.07, 6.45) is 42.9. The van der Waals surface area contributed by atoms with E-state index in [4.69, 9.17) is 0 Å². The zero-order valence-corrected chi connectivity index (χ0v) is 29.7. The average molecular weight is 634 g/mol. The van der Waals surface area contributed by atoms with Gasteiger partial charge in [0.1, 0.15) is 0 Å². The Morgan fingerprint density at radius 1 is 0.556 bits per heavy atom. The van der Waals surface area contributed by atoms with Crippen LogP contribution in [0.1, 0.15) is 187 Å². The second-order valence-corrected chi connectivity index (χ2v) is 13.2. The maximum Gasteiger partial charge on any atom is 0.222 e. The number of aliphatic hydroxyl groups is 3. The van der Waals surface area contributed by atoms with Gasteiger partial charge in [0.25, 0.3) is 0 Å². The van der Waals surface area contributed by atoms with E-state index in [1.54, 1.807) is 6.08 Å².